The number of halogens is 1. The van der Waals surface area contributed by atoms with Crippen molar-refractivity contribution in [3.05, 3.63) is 46.9 Å². The van der Waals surface area contributed by atoms with Crippen LogP contribution >= 0.6 is 27.3 Å². The molecule has 0 unspecified atom stereocenters. The molecule has 1 aromatic heterocycles. The summed E-state index contributed by atoms with van der Waals surface area (Å²) in [5.41, 5.74) is 2.06. The van der Waals surface area contributed by atoms with Crippen molar-refractivity contribution < 1.29 is 4.74 Å². The Balaban J connectivity index is 2.16. The van der Waals surface area contributed by atoms with E-state index in [-0.39, 0.29) is 0 Å². The molecule has 3 aromatic rings. The Hall–Kier alpha value is -1.39. The second-order valence-electron chi connectivity index (χ2n) is 3.83. The van der Waals surface area contributed by atoms with Crippen molar-refractivity contribution in [3.8, 4) is 16.3 Å². The van der Waals surface area contributed by atoms with E-state index < -0.39 is 0 Å². The number of hydrogen-bond donors (Lipinski definition) is 0. The van der Waals surface area contributed by atoms with Crippen LogP contribution in [0.15, 0.2) is 46.9 Å². The molecule has 90 valence electrons. The van der Waals surface area contributed by atoms with Crippen molar-refractivity contribution in [1.29, 1.82) is 0 Å². The maximum atomic E-state index is 5.33. The Morgan fingerprint density at radius 1 is 1.11 bits per heavy atom. The smallest absolute Gasteiger partial charge is 0.145 e. The molecule has 0 radical (unpaired) electrons. The quantitative estimate of drug-likeness (QED) is 0.681. The maximum Gasteiger partial charge on any atom is 0.145 e. The summed E-state index contributed by atoms with van der Waals surface area (Å²) in [6, 6.07) is 14.2. The SMILES string of the molecule is COc1cccc2sc(-c3ccc(Br)cc3)nc12. The lowest BCUT2D eigenvalue weighted by Gasteiger charge is -1.98. The van der Waals surface area contributed by atoms with E-state index in [0.29, 0.717) is 0 Å². The Bertz CT molecular complexity index is 691. The van der Waals surface area contributed by atoms with E-state index in [1.807, 2.05) is 24.3 Å². The van der Waals surface area contributed by atoms with E-state index in [9.17, 15) is 0 Å². The summed E-state index contributed by atoms with van der Waals surface area (Å²) in [6.07, 6.45) is 0. The summed E-state index contributed by atoms with van der Waals surface area (Å²) in [5.74, 6) is 0.826. The van der Waals surface area contributed by atoms with E-state index in [1.54, 1.807) is 18.4 Å². The fourth-order valence-corrected chi connectivity index (χ4v) is 3.06. The zero-order chi connectivity index (χ0) is 12.5. The van der Waals surface area contributed by atoms with E-state index in [0.717, 1.165) is 31.0 Å². The topological polar surface area (TPSA) is 22.1 Å². The van der Waals surface area contributed by atoms with Crippen LogP contribution in [0.3, 0.4) is 0 Å². The van der Waals surface area contributed by atoms with E-state index in [1.165, 1.54) is 0 Å². The van der Waals surface area contributed by atoms with Gasteiger partial charge in [-0.05, 0) is 24.3 Å². The van der Waals surface area contributed by atoms with Crippen molar-refractivity contribution in [2.24, 2.45) is 0 Å². The molecular weight excluding hydrogens is 310 g/mol. The lowest BCUT2D eigenvalue weighted by molar-refractivity contribution is 0.419. The Kier molecular flexibility index (Phi) is 3.06. The first-order chi connectivity index (χ1) is 8.78. The predicted octanol–water partition coefficient (Wildman–Crippen LogP) is 4.73. The molecule has 4 heteroatoms. The summed E-state index contributed by atoms with van der Waals surface area (Å²) in [6.45, 7) is 0. The number of hydrogen-bond acceptors (Lipinski definition) is 3. The first-order valence-electron chi connectivity index (χ1n) is 5.47. The summed E-state index contributed by atoms with van der Waals surface area (Å²) in [7, 11) is 1.67. The van der Waals surface area contributed by atoms with Crippen LogP contribution < -0.4 is 4.74 Å². The minimum atomic E-state index is 0.826. The van der Waals surface area contributed by atoms with Crippen molar-refractivity contribution in [1.82, 2.24) is 4.98 Å². The van der Waals surface area contributed by atoms with Crippen LogP contribution in [0.5, 0.6) is 5.75 Å². The van der Waals surface area contributed by atoms with Gasteiger partial charge in [0.25, 0.3) is 0 Å². The Morgan fingerprint density at radius 2 is 1.89 bits per heavy atom. The molecule has 0 spiro atoms. The zero-order valence-electron chi connectivity index (χ0n) is 9.68. The van der Waals surface area contributed by atoms with Crippen LogP contribution in [0, 0.1) is 0 Å². The average molecular weight is 320 g/mol. The fraction of sp³-hybridized carbons (Fsp3) is 0.0714. The molecule has 0 amide bonds. The number of ether oxygens (including phenoxy) is 1. The summed E-state index contributed by atoms with van der Waals surface area (Å²) >= 11 is 5.12. The van der Waals surface area contributed by atoms with E-state index in [4.69, 9.17) is 4.74 Å². The van der Waals surface area contributed by atoms with Crippen LogP contribution in [0.4, 0.5) is 0 Å². The van der Waals surface area contributed by atoms with Crippen LogP contribution in [0.25, 0.3) is 20.8 Å². The fourth-order valence-electron chi connectivity index (χ4n) is 1.80. The maximum absolute atomic E-state index is 5.33. The van der Waals surface area contributed by atoms with Crippen LogP contribution in [0.2, 0.25) is 0 Å². The van der Waals surface area contributed by atoms with Gasteiger partial charge in [0.15, 0.2) is 0 Å². The van der Waals surface area contributed by atoms with Crippen LogP contribution in [-0.2, 0) is 0 Å². The number of nitrogens with zero attached hydrogens (tertiary/aromatic N) is 1. The van der Waals surface area contributed by atoms with Gasteiger partial charge < -0.3 is 4.74 Å². The van der Waals surface area contributed by atoms with Crippen LogP contribution in [-0.4, -0.2) is 12.1 Å². The number of para-hydroxylation sites is 1. The third-order valence-corrected chi connectivity index (χ3v) is 4.29. The molecule has 0 saturated heterocycles. The number of thiazole rings is 1. The van der Waals surface area contributed by atoms with Crippen molar-refractivity contribution in [2.45, 2.75) is 0 Å². The standard InChI is InChI=1S/C14H10BrNOS/c1-17-11-3-2-4-12-13(11)16-14(18-12)9-5-7-10(15)8-6-9/h2-8H,1H3. The minimum Gasteiger partial charge on any atom is -0.494 e. The van der Waals surface area contributed by atoms with Gasteiger partial charge in [-0.2, -0.15) is 0 Å². The van der Waals surface area contributed by atoms with Gasteiger partial charge in [0.2, 0.25) is 0 Å². The lowest BCUT2D eigenvalue weighted by Crippen LogP contribution is -1.83. The largest absolute Gasteiger partial charge is 0.494 e. The summed E-state index contributed by atoms with van der Waals surface area (Å²) in [5, 5.41) is 1.02. The molecule has 0 aliphatic rings. The number of rotatable bonds is 2. The number of methoxy groups -OCH3 is 1. The van der Waals surface area contributed by atoms with Gasteiger partial charge in [-0.1, -0.05) is 34.1 Å². The van der Waals surface area contributed by atoms with Gasteiger partial charge in [-0.3, -0.25) is 0 Å². The third kappa shape index (κ3) is 2.02. The Morgan fingerprint density at radius 3 is 2.61 bits per heavy atom. The van der Waals surface area contributed by atoms with Crippen molar-refractivity contribution in [3.63, 3.8) is 0 Å². The van der Waals surface area contributed by atoms with Crippen LogP contribution in [0.1, 0.15) is 0 Å². The molecule has 18 heavy (non-hydrogen) atoms. The molecule has 3 rings (SSSR count). The van der Waals surface area contributed by atoms with Gasteiger partial charge in [0, 0.05) is 10.0 Å². The molecule has 0 aliphatic heterocycles. The highest BCUT2D eigenvalue weighted by Crippen LogP contribution is 2.34. The molecule has 0 N–H and O–H groups in total. The molecule has 0 aliphatic carbocycles. The van der Waals surface area contributed by atoms with Gasteiger partial charge in [-0.15, -0.1) is 11.3 Å². The number of fused-ring (bicyclic) bond motifs is 1. The highest BCUT2D eigenvalue weighted by molar-refractivity contribution is 9.10. The normalized spacial score (nSPS) is 10.8. The second-order valence-corrected chi connectivity index (χ2v) is 5.78. The number of benzene rings is 2. The molecule has 1 heterocycles. The highest BCUT2D eigenvalue weighted by atomic mass is 79.9. The minimum absolute atomic E-state index is 0.826. The molecule has 0 bridgehead atoms. The first kappa shape index (κ1) is 11.7. The molecule has 0 fully saturated rings. The summed E-state index contributed by atoms with van der Waals surface area (Å²) in [4.78, 5) is 4.66. The molecule has 2 nitrogen and oxygen atoms in total. The second kappa shape index (κ2) is 4.71. The van der Waals surface area contributed by atoms with Crippen molar-refractivity contribution in [2.75, 3.05) is 7.11 Å². The van der Waals surface area contributed by atoms with E-state index in [2.05, 4.69) is 39.1 Å². The Labute approximate surface area is 117 Å². The first-order valence-corrected chi connectivity index (χ1v) is 7.08. The average Bonchev–Trinajstić information content (AvgIpc) is 2.83. The van der Waals surface area contributed by atoms with Gasteiger partial charge in [0.05, 0.1) is 11.8 Å². The zero-order valence-corrected chi connectivity index (χ0v) is 12.1. The third-order valence-electron chi connectivity index (χ3n) is 2.69. The summed E-state index contributed by atoms with van der Waals surface area (Å²) < 4.78 is 7.55. The van der Waals surface area contributed by atoms with Gasteiger partial charge >= 0.3 is 0 Å². The molecule has 2 aromatic carbocycles. The predicted molar refractivity (Wildman–Crippen MR) is 79.3 cm³/mol. The van der Waals surface area contributed by atoms with Gasteiger partial charge in [0.1, 0.15) is 16.3 Å². The molecule has 0 saturated carbocycles. The monoisotopic (exact) mass is 319 g/mol. The lowest BCUT2D eigenvalue weighted by atomic mass is 10.2. The van der Waals surface area contributed by atoms with Gasteiger partial charge in [-0.25, -0.2) is 4.98 Å². The molecular formula is C14H10BrNOS. The van der Waals surface area contributed by atoms with E-state index >= 15 is 0 Å². The van der Waals surface area contributed by atoms with Crippen molar-refractivity contribution >= 4 is 37.5 Å². The highest BCUT2D eigenvalue weighted by Gasteiger charge is 2.09. The molecule has 0 atom stereocenters. The number of aromatic nitrogens is 1.